The molecular weight excluding hydrogens is 344 g/mol. The highest BCUT2D eigenvalue weighted by Gasteiger charge is 2.28. The zero-order valence-electron chi connectivity index (χ0n) is 16.7. The van der Waals surface area contributed by atoms with E-state index >= 15 is 0 Å². The fourth-order valence-electron chi connectivity index (χ4n) is 3.60. The Hall–Kier alpha value is -2.05. The number of amides is 1. The van der Waals surface area contributed by atoms with Crippen LogP contribution in [0.15, 0.2) is 30.5 Å². The molecule has 0 spiro atoms. The quantitative estimate of drug-likeness (QED) is 0.577. The number of hydrogen-bond donors (Lipinski definition) is 0. The van der Waals surface area contributed by atoms with E-state index in [2.05, 4.69) is 35.0 Å². The van der Waals surface area contributed by atoms with Gasteiger partial charge < -0.3 is 23.7 Å². The molecule has 0 N–H and O–H groups in total. The molecule has 0 saturated carbocycles. The fraction of sp³-hybridized carbons (Fsp3) is 0.571. The van der Waals surface area contributed by atoms with Crippen molar-refractivity contribution in [2.24, 2.45) is 0 Å². The van der Waals surface area contributed by atoms with Gasteiger partial charge in [-0.05, 0) is 45.1 Å². The van der Waals surface area contributed by atoms with Gasteiger partial charge in [-0.2, -0.15) is 0 Å². The maximum absolute atomic E-state index is 12.3. The summed E-state index contributed by atoms with van der Waals surface area (Å²) in [5, 5.41) is 1.21. The van der Waals surface area contributed by atoms with Crippen LogP contribution in [0.4, 0.5) is 4.79 Å². The molecule has 3 rings (SSSR count). The van der Waals surface area contributed by atoms with Crippen molar-refractivity contribution in [3.63, 3.8) is 0 Å². The zero-order chi connectivity index (χ0) is 19.4. The van der Waals surface area contributed by atoms with Crippen LogP contribution < -0.4 is 0 Å². The number of carbonyl (C=O) groups excluding carboxylic acids is 1. The van der Waals surface area contributed by atoms with Gasteiger partial charge in [-0.15, -0.1) is 0 Å². The van der Waals surface area contributed by atoms with Crippen molar-refractivity contribution >= 4 is 17.0 Å². The summed E-state index contributed by atoms with van der Waals surface area (Å²) in [6.07, 6.45) is 3.76. The number of methoxy groups -OCH3 is 1. The number of nitrogens with zero attached hydrogens (tertiary/aromatic N) is 2. The van der Waals surface area contributed by atoms with E-state index < -0.39 is 5.60 Å². The molecule has 27 heavy (non-hydrogen) atoms. The van der Waals surface area contributed by atoms with Gasteiger partial charge in [0, 0.05) is 38.0 Å². The van der Waals surface area contributed by atoms with Crippen LogP contribution >= 0.6 is 0 Å². The second-order valence-electron chi connectivity index (χ2n) is 8.03. The molecule has 2 heterocycles. The van der Waals surface area contributed by atoms with Crippen molar-refractivity contribution in [1.29, 1.82) is 0 Å². The number of hydrogen-bond acceptors (Lipinski definition) is 4. The van der Waals surface area contributed by atoms with Crippen LogP contribution in [0.3, 0.4) is 0 Å². The first-order valence-corrected chi connectivity index (χ1v) is 9.52. The summed E-state index contributed by atoms with van der Waals surface area (Å²) in [6.45, 7) is 7.92. The third-order valence-electron chi connectivity index (χ3n) is 4.79. The van der Waals surface area contributed by atoms with Crippen LogP contribution in [-0.4, -0.2) is 48.2 Å². The molecule has 148 valence electrons. The summed E-state index contributed by atoms with van der Waals surface area (Å²) in [7, 11) is 1.63. The second kappa shape index (κ2) is 8.31. The lowest BCUT2D eigenvalue weighted by Crippen LogP contribution is -2.42. The summed E-state index contributed by atoms with van der Waals surface area (Å²) in [6, 6.07) is 8.80. The van der Waals surface area contributed by atoms with Crippen LogP contribution in [-0.2, 0) is 20.8 Å². The summed E-state index contributed by atoms with van der Waals surface area (Å²) in [4.78, 5) is 14.1. The van der Waals surface area contributed by atoms with Crippen LogP contribution in [0.5, 0.6) is 0 Å². The van der Waals surface area contributed by atoms with Crippen LogP contribution in [0.25, 0.3) is 10.9 Å². The SMILES string of the molecule is COCOCc1cccc2ccn(C3CCN(C(=O)OC(C)(C)C)CC3)c12. The largest absolute Gasteiger partial charge is 0.444 e. The predicted octanol–water partition coefficient (Wildman–Crippen LogP) is 4.33. The van der Waals surface area contributed by atoms with Crippen LogP contribution in [0.2, 0.25) is 0 Å². The van der Waals surface area contributed by atoms with Gasteiger partial charge in [0.15, 0.2) is 0 Å². The molecule has 0 bridgehead atoms. The van der Waals surface area contributed by atoms with E-state index in [9.17, 15) is 4.79 Å². The van der Waals surface area contributed by atoms with E-state index in [1.807, 2.05) is 25.7 Å². The summed E-state index contributed by atoms with van der Waals surface area (Å²) < 4.78 is 18.4. The van der Waals surface area contributed by atoms with E-state index in [0.29, 0.717) is 25.7 Å². The topological polar surface area (TPSA) is 52.9 Å². The monoisotopic (exact) mass is 374 g/mol. The standard InChI is InChI=1S/C21H30N2O4/c1-21(2,3)27-20(24)22-11-9-18(10-12-22)23-13-8-16-6-5-7-17(19(16)23)14-26-15-25-4/h5-8,13,18H,9-12,14-15H2,1-4H3. The number of para-hydroxylation sites is 1. The lowest BCUT2D eigenvalue weighted by Gasteiger charge is -2.34. The van der Waals surface area contributed by atoms with Gasteiger partial charge in [-0.1, -0.05) is 18.2 Å². The van der Waals surface area contributed by atoms with Crippen molar-refractivity contribution in [2.75, 3.05) is 27.0 Å². The van der Waals surface area contributed by atoms with Crippen molar-refractivity contribution in [3.05, 3.63) is 36.0 Å². The van der Waals surface area contributed by atoms with Gasteiger partial charge in [0.1, 0.15) is 12.4 Å². The number of piperidine rings is 1. The Morgan fingerprint density at radius 1 is 1.19 bits per heavy atom. The Balaban J connectivity index is 1.71. The Morgan fingerprint density at radius 2 is 1.93 bits per heavy atom. The summed E-state index contributed by atoms with van der Waals surface area (Å²) in [5.41, 5.74) is 1.91. The molecule has 1 aliphatic rings. The molecule has 6 nitrogen and oxygen atoms in total. The highest BCUT2D eigenvalue weighted by atomic mass is 16.7. The summed E-state index contributed by atoms with van der Waals surface area (Å²) >= 11 is 0. The highest BCUT2D eigenvalue weighted by molar-refractivity contribution is 5.83. The molecule has 1 aromatic carbocycles. The van der Waals surface area contributed by atoms with Gasteiger partial charge in [0.25, 0.3) is 0 Å². The summed E-state index contributed by atoms with van der Waals surface area (Å²) in [5.74, 6) is 0. The van der Waals surface area contributed by atoms with Gasteiger partial charge in [0.05, 0.1) is 12.1 Å². The smallest absolute Gasteiger partial charge is 0.410 e. The number of ether oxygens (including phenoxy) is 3. The van der Waals surface area contributed by atoms with E-state index in [1.54, 1.807) is 7.11 Å². The number of benzene rings is 1. The Kier molecular flexibility index (Phi) is 6.07. The van der Waals surface area contributed by atoms with Gasteiger partial charge in [-0.3, -0.25) is 0 Å². The fourth-order valence-corrected chi connectivity index (χ4v) is 3.60. The minimum atomic E-state index is -0.457. The van der Waals surface area contributed by atoms with Crippen molar-refractivity contribution < 1.29 is 19.0 Å². The van der Waals surface area contributed by atoms with Crippen molar-refractivity contribution in [3.8, 4) is 0 Å². The van der Waals surface area contributed by atoms with Gasteiger partial charge in [0.2, 0.25) is 0 Å². The van der Waals surface area contributed by atoms with E-state index in [4.69, 9.17) is 14.2 Å². The molecule has 1 aliphatic heterocycles. The van der Waals surface area contributed by atoms with Crippen molar-refractivity contribution in [2.45, 2.75) is 51.9 Å². The number of aromatic nitrogens is 1. The van der Waals surface area contributed by atoms with E-state index in [0.717, 1.165) is 18.4 Å². The lowest BCUT2D eigenvalue weighted by molar-refractivity contribution is -0.0387. The number of likely N-dealkylation sites (tertiary alicyclic amines) is 1. The predicted molar refractivity (Wildman–Crippen MR) is 105 cm³/mol. The zero-order valence-corrected chi connectivity index (χ0v) is 16.7. The molecule has 6 heteroatoms. The maximum atomic E-state index is 12.3. The molecule has 0 aliphatic carbocycles. The Bertz CT molecular complexity index is 770. The first-order chi connectivity index (χ1) is 12.9. The number of fused-ring (bicyclic) bond motifs is 1. The van der Waals surface area contributed by atoms with Crippen molar-refractivity contribution in [1.82, 2.24) is 9.47 Å². The highest BCUT2D eigenvalue weighted by Crippen LogP contribution is 2.30. The normalized spacial score (nSPS) is 16.1. The molecule has 0 radical (unpaired) electrons. The van der Waals surface area contributed by atoms with E-state index in [-0.39, 0.29) is 12.9 Å². The lowest BCUT2D eigenvalue weighted by atomic mass is 10.0. The molecule has 1 fully saturated rings. The Morgan fingerprint density at radius 3 is 2.59 bits per heavy atom. The molecule has 1 saturated heterocycles. The first-order valence-electron chi connectivity index (χ1n) is 9.52. The molecule has 0 atom stereocenters. The van der Waals surface area contributed by atoms with Crippen LogP contribution in [0.1, 0.15) is 45.2 Å². The molecule has 0 unspecified atom stereocenters. The molecule has 2 aromatic rings. The second-order valence-corrected chi connectivity index (χ2v) is 8.03. The third-order valence-corrected chi connectivity index (χ3v) is 4.79. The van der Waals surface area contributed by atoms with E-state index in [1.165, 1.54) is 10.9 Å². The maximum Gasteiger partial charge on any atom is 0.410 e. The molecule has 1 aromatic heterocycles. The number of rotatable bonds is 5. The minimum absolute atomic E-state index is 0.216. The van der Waals surface area contributed by atoms with Crippen LogP contribution in [0, 0.1) is 0 Å². The number of carbonyl (C=O) groups is 1. The van der Waals surface area contributed by atoms with Gasteiger partial charge >= 0.3 is 6.09 Å². The molecule has 1 amide bonds. The molecular formula is C21H30N2O4. The Labute approximate surface area is 161 Å². The average Bonchev–Trinajstić information content (AvgIpc) is 3.06. The first kappa shape index (κ1) is 19.7. The third kappa shape index (κ3) is 4.82. The average molecular weight is 374 g/mol. The minimum Gasteiger partial charge on any atom is -0.444 e. The van der Waals surface area contributed by atoms with Gasteiger partial charge in [-0.25, -0.2) is 4.79 Å².